The molecule has 5 rings (SSSR count). The molecule has 0 unspecified atom stereocenters. The predicted molar refractivity (Wildman–Crippen MR) is 129 cm³/mol. The fourth-order valence-corrected chi connectivity index (χ4v) is 5.64. The molecule has 0 bridgehead atoms. The number of aromatic nitrogens is 3. The summed E-state index contributed by atoms with van der Waals surface area (Å²) in [5.41, 5.74) is 2.27. The molecule has 1 saturated heterocycles. The second kappa shape index (κ2) is 8.44. The van der Waals surface area contributed by atoms with Crippen molar-refractivity contribution in [3.8, 4) is 11.4 Å². The molecule has 1 fully saturated rings. The molecule has 0 saturated carbocycles. The fourth-order valence-electron chi connectivity index (χ4n) is 4.11. The van der Waals surface area contributed by atoms with Gasteiger partial charge in [0.2, 0.25) is 0 Å². The first-order valence-corrected chi connectivity index (χ1v) is 12.5. The van der Waals surface area contributed by atoms with E-state index in [0.717, 1.165) is 22.3 Å². The summed E-state index contributed by atoms with van der Waals surface area (Å²) in [6.45, 7) is 5.95. The van der Waals surface area contributed by atoms with Gasteiger partial charge in [-0.1, -0.05) is 41.4 Å². The third-order valence-corrected chi connectivity index (χ3v) is 7.76. The second-order valence-corrected chi connectivity index (χ2v) is 10.4. The van der Waals surface area contributed by atoms with Crippen molar-refractivity contribution in [2.45, 2.75) is 24.8 Å². The average molecular weight is 483 g/mol. The Kier molecular flexibility index (Phi) is 5.60. The van der Waals surface area contributed by atoms with Crippen molar-refractivity contribution < 1.29 is 13.2 Å². The van der Waals surface area contributed by atoms with Gasteiger partial charge in [0.15, 0.2) is 5.82 Å². The molecule has 33 heavy (non-hydrogen) atoms. The van der Waals surface area contributed by atoms with E-state index in [1.165, 1.54) is 3.97 Å². The molecule has 2 aromatic heterocycles. The first-order valence-electron chi connectivity index (χ1n) is 10.7. The van der Waals surface area contributed by atoms with E-state index in [0.29, 0.717) is 36.3 Å². The highest BCUT2D eigenvalue weighted by molar-refractivity contribution is 7.90. The van der Waals surface area contributed by atoms with Crippen LogP contribution in [0.15, 0.2) is 65.7 Å². The Morgan fingerprint density at radius 2 is 1.88 bits per heavy atom. The predicted octanol–water partition coefficient (Wildman–Crippen LogP) is 4.52. The van der Waals surface area contributed by atoms with Crippen LogP contribution in [0.25, 0.3) is 22.3 Å². The van der Waals surface area contributed by atoms with Gasteiger partial charge < -0.3 is 9.64 Å². The minimum Gasteiger partial charge on any atom is -0.377 e. The molecule has 7 nitrogen and oxygen atoms in total. The molecule has 1 aliphatic heterocycles. The highest BCUT2D eigenvalue weighted by atomic mass is 35.5. The normalized spacial score (nSPS) is 16.9. The number of ether oxygens (including phenoxy) is 1. The topological polar surface area (TPSA) is 77.3 Å². The van der Waals surface area contributed by atoms with Gasteiger partial charge in [-0.3, -0.25) is 0 Å². The van der Waals surface area contributed by atoms with E-state index in [-0.39, 0.29) is 10.9 Å². The lowest BCUT2D eigenvalue weighted by Crippen LogP contribution is -2.44. The van der Waals surface area contributed by atoms with E-state index in [9.17, 15) is 8.42 Å². The molecule has 4 aromatic rings. The van der Waals surface area contributed by atoms with Crippen molar-refractivity contribution in [1.29, 1.82) is 0 Å². The van der Waals surface area contributed by atoms with Crippen LogP contribution >= 0.6 is 11.6 Å². The summed E-state index contributed by atoms with van der Waals surface area (Å²) in [6, 6.07) is 16.0. The van der Waals surface area contributed by atoms with Gasteiger partial charge in [0.25, 0.3) is 10.0 Å². The molecule has 0 N–H and O–H groups in total. The van der Waals surface area contributed by atoms with Crippen LogP contribution in [0.1, 0.15) is 12.5 Å². The lowest BCUT2D eigenvalue weighted by molar-refractivity contribution is 0.0985. The molecule has 0 radical (unpaired) electrons. The van der Waals surface area contributed by atoms with Crippen LogP contribution in [0, 0.1) is 6.92 Å². The highest BCUT2D eigenvalue weighted by Crippen LogP contribution is 2.32. The SMILES string of the molecule is Cc1ccc(S(=O)(=O)n2ccc3c(-c4nc(Cl)cc(N5CCOC[C@H]5C)n4)cccc32)cc1. The number of halogens is 1. The maximum Gasteiger partial charge on any atom is 0.268 e. The van der Waals surface area contributed by atoms with E-state index < -0.39 is 10.0 Å². The van der Waals surface area contributed by atoms with Gasteiger partial charge in [0, 0.05) is 29.8 Å². The summed E-state index contributed by atoms with van der Waals surface area (Å²) in [5, 5.41) is 1.06. The number of morpholine rings is 1. The third-order valence-electron chi connectivity index (χ3n) is 5.86. The first-order chi connectivity index (χ1) is 15.8. The quantitative estimate of drug-likeness (QED) is 0.398. The summed E-state index contributed by atoms with van der Waals surface area (Å²) in [4.78, 5) is 11.6. The first kappa shape index (κ1) is 21.9. The van der Waals surface area contributed by atoms with Gasteiger partial charge in [-0.2, -0.15) is 0 Å². The summed E-state index contributed by atoms with van der Waals surface area (Å²) < 4.78 is 33.5. The van der Waals surface area contributed by atoms with Gasteiger partial charge in [-0.15, -0.1) is 0 Å². The number of nitrogens with zero attached hydrogens (tertiary/aromatic N) is 4. The number of aryl methyl sites for hydroxylation is 1. The van der Waals surface area contributed by atoms with Crippen LogP contribution in [0.2, 0.25) is 5.15 Å². The Hall–Kier alpha value is -2.94. The Labute approximate surface area is 197 Å². The molecule has 1 atom stereocenters. The minimum atomic E-state index is -3.75. The number of anilines is 1. The third kappa shape index (κ3) is 3.99. The van der Waals surface area contributed by atoms with Gasteiger partial charge in [0.1, 0.15) is 11.0 Å². The van der Waals surface area contributed by atoms with Crippen LogP contribution in [0.5, 0.6) is 0 Å². The molecule has 0 spiro atoms. The van der Waals surface area contributed by atoms with Crippen molar-refractivity contribution in [2.75, 3.05) is 24.7 Å². The van der Waals surface area contributed by atoms with Gasteiger partial charge in [0.05, 0.1) is 29.7 Å². The monoisotopic (exact) mass is 482 g/mol. The molecule has 1 aliphatic rings. The lowest BCUT2D eigenvalue weighted by atomic mass is 10.1. The zero-order valence-corrected chi connectivity index (χ0v) is 19.8. The van der Waals surface area contributed by atoms with Gasteiger partial charge in [-0.25, -0.2) is 22.4 Å². The molecule has 3 heterocycles. The van der Waals surface area contributed by atoms with Crippen molar-refractivity contribution in [2.24, 2.45) is 0 Å². The maximum atomic E-state index is 13.3. The maximum absolute atomic E-state index is 13.3. The summed E-state index contributed by atoms with van der Waals surface area (Å²) in [5.74, 6) is 1.18. The number of hydrogen-bond donors (Lipinski definition) is 0. The van der Waals surface area contributed by atoms with Gasteiger partial charge in [-0.05, 0) is 38.1 Å². The molecule has 2 aromatic carbocycles. The van der Waals surface area contributed by atoms with Crippen LogP contribution in [0.3, 0.4) is 0 Å². The summed E-state index contributed by atoms with van der Waals surface area (Å²) >= 11 is 6.38. The second-order valence-electron chi connectivity index (χ2n) is 8.16. The smallest absolute Gasteiger partial charge is 0.268 e. The molecular formula is C24H23ClN4O3S. The zero-order valence-electron chi connectivity index (χ0n) is 18.3. The Morgan fingerprint density at radius 3 is 2.64 bits per heavy atom. The number of fused-ring (bicyclic) bond motifs is 1. The van der Waals surface area contributed by atoms with E-state index in [2.05, 4.69) is 16.8 Å². The highest BCUT2D eigenvalue weighted by Gasteiger charge is 2.23. The minimum absolute atomic E-state index is 0.161. The molecule has 0 amide bonds. The van der Waals surface area contributed by atoms with Crippen LogP contribution in [0.4, 0.5) is 5.82 Å². The van der Waals surface area contributed by atoms with Crippen LogP contribution < -0.4 is 4.90 Å². The largest absolute Gasteiger partial charge is 0.377 e. The fraction of sp³-hybridized carbons (Fsp3) is 0.250. The van der Waals surface area contributed by atoms with Crippen molar-refractivity contribution in [3.05, 3.63) is 71.5 Å². The van der Waals surface area contributed by atoms with Crippen LogP contribution in [-0.4, -0.2) is 48.2 Å². The molecular weight excluding hydrogens is 460 g/mol. The number of benzene rings is 2. The zero-order chi connectivity index (χ0) is 23.2. The van der Waals surface area contributed by atoms with Gasteiger partial charge >= 0.3 is 0 Å². The molecule has 0 aliphatic carbocycles. The Bertz CT molecular complexity index is 1430. The van der Waals surface area contributed by atoms with E-state index in [4.69, 9.17) is 21.3 Å². The van der Waals surface area contributed by atoms with E-state index in [1.54, 1.807) is 54.7 Å². The lowest BCUT2D eigenvalue weighted by Gasteiger charge is -2.34. The Balaban J connectivity index is 1.61. The standard InChI is InChI=1S/C24H23ClN4O3S/c1-16-6-8-18(9-7-16)33(30,31)29-11-10-19-20(4-3-5-21(19)29)24-26-22(25)14-23(27-24)28-12-13-32-15-17(28)2/h3-11,14,17H,12-13,15H2,1-2H3/t17-/m1/s1. The van der Waals surface area contributed by atoms with E-state index in [1.807, 2.05) is 13.0 Å². The number of hydrogen-bond acceptors (Lipinski definition) is 6. The summed E-state index contributed by atoms with van der Waals surface area (Å²) in [7, 11) is -3.75. The van der Waals surface area contributed by atoms with Crippen LogP contribution in [-0.2, 0) is 14.8 Å². The van der Waals surface area contributed by atoms with Crippen molar-refractivity contribution >= 4 is 38.3 Å². The molecule has 170 valence electrons. The Morgan fingerprint density at radius 1 is 1.09 bits per heavy atom. The van der Waals surface area contributed by atoms with Crippen molar-refractivity contribution in [1.82, 2.24) is 13.9 Å². The van der Waals surface area contributed by atoms with Crippen molar-refractivity contribution in [3.63, 3.8) is 0 Å². The average Bonchev–Trinajstić information content (AvgIpc) is 3.24. The molecule has 9 heteroatoms. The summed E-state index contributed by atoms with van der Waals surface area (Å²) in [6.07, 6.45) is 1.57. The van der Waals surface area contributed by atoms with E-state index >= 15 is 0 Å². The number of rotatable bonds is 4.